The van der Waals surface area contributed by atoms with Crippen LogP contribution in [0.1, 0.15) is 23.6 Å². The maximum absolute atomic E-state index is 9.19. The van der Waals surface area contributed by atoms with Crippen LogP contribution in [0.2, 0.25) is 0 Å². The molecule has 0 fully saturated rings. The molecular formula is C18H18N2O2. The van der Waals surface area contributed by atoms with Gasteiger partial charge in [-0.25, -0.2) is 0 Å². The van der Waals surface area contributed by atoms with Crippen molar-refractivity contribution in [3.05, 3.63) is 65.2 Å². The highest BCUT2D eigenvalue weighted by molar-refractivity contribution is 6.12. The van der Waals surface area contributed by atoms with E-state index in [1.807, 2.05) is 48.5 Å². The number of hydrogen-bond acceptors (Lipinski definition) is 4. The van der Waals surface area contributed by atoms with Crippen molar-refractivity contribution in [2.45, 2.75) is 20.0 Å². The first-order chi connectivity index (χ1) is 10.8. The molecule has 0 radical (unpaired) electrons. The lowest BCUT2D eigenvalue weighted by molar-refractivity contribution is 0.214. The van der Waals surface area contributed by atoms with Gasteiger partial charge in [0.1, 0.15) is 25.5 Å². The average Bonchev–Trinajstić information content (AvgIpc) is 2.58. The molecule has 0 heterocycles. The molecule has 0 atom stereocenters. The minimum Gasteiger partial charge on any atom is -0.489 e. The van der Waals surface area contributed by atoms with Crippen LogP contribution in [-0.4, -0.2) is 12.8 Å². The Morgan fingerprint density at radius 1 is 1.18 bits per heavy atom. The lowest BCUT2D eigenvalue weighted by Gasteiger charge is -2.10. The first-order valence-corrected chi connectivity index (χ1v) is 7.09. The fraction of sp³-hybridized carbons (Fsp3) is 0.222. The van der Waals surface area contributed by atoms with Crippen LogP contribution < -0.4 is 4.74 Å². The molecule has 0 amide bonds. The van der Waals surface area contributed by atoms with Gasteiger partial charge in [0.2, 0.25) is 0 Å². The van der Waals surface area contributed by atoms with E-state index in [9.17, 15) is 5.26 Å². The fourth-order valence-corrected chi connectivity index (χ4v) is 2.11. The molecule has 0 bridgehead atoms. The van der Waals surface area contributed by atoms with Crippen LogP contribution in [-0.2, 0) is 17.9 Å². The topological polar surface area (TPSA) is 54.6 Å². The van der Waals surface area contributed by atoms with Crippen LogP contribution in [0.5, 0.6) is 5.75 Å². The molecule has 0 saturated heterocycles. The molecule has 0 spiro atoms. The van der Waals surface area contributed by atoms with Gasteiger partial charge in [-0.05, 0) is 29.7 Å². The zero-order chi connectivity index (χ0) is 15.8. The lowest BCUT2D eigenvalue weighted by Crippen LogP contribution is -2.06. The molecule has 2 rings (SSSR count). The van der Waals surface area contributed by atoms with E-state index in [2.05, 4.69) is 18.1 Å². The minimum atomic E-state index is 0.240. The van der Waals surface area contributed by atoms with Crippen molar-refractivity contribution >= 4 is 5.71 Å². The first kappa shape index (κ1) is 15.6. The summed E-state index contributed by atoms with van der Waals surface area (Å²) in [6.45, 7) is 2.47. The molecule has 0 aliphatic heterocycles. The minimum absolute atomic E-state index is 0.240. The first-order valence-electron chi connectivity index (χ1n) is 7.09. The molecule has 4 heteroatoms. The van der Waals surface area contributed by atoms with Crippen molar-refractivity contribution in [3.8, 4) is 11.8 Å². The largest absolute Gasteiger partial charge is 0.489 e. The van der Waals surface area contributed by atoms with Crippen molar-refractivity contribution < 1.29 is 9.57 Å². The van der Waals surface area contributed by atoms with Crippen molar-refractivity contribution in [2.75, 3.05) is 7.11 Å². The quantitative estimate of drug-likeness (QED) is 0.603. The Labute approximate surface area is 130 Å². The Bertz CT molecular complexity index is 702. The van der Waals surface area contributed by atoms with E-state index in [0.717, 1.165) is 23.3 Å². The van der Waals surface area contributed by atoms with Crippen molar-refractivity contribution in [3.63, 3.8) is 0 Å². The third-order valence-corrected chi connectivity index (χ3v) is 3.26. The normalized spacial score (nSPS) is 10.9. The van der Waals surface area contributed by atoms with Crippen molar-refractivity contribution in [1.29, 1.82) is 5.26 Å². The van der Waals surface area contributed by atoms with Gasteiger partial charge in [0.15, 0.2) is 5.71 Å². The van der Waals surface area contributed by atoms with Gasteiger partial charge in [-0.3, -0.25) is 0 Å². The Morgan fingerprint density at radius 3 is 2.73 bits per heavy atom. The number of oxime groups is 1. The number of hydrogen-bond donors (Lipinski definition) is 0. The molecule has 0 saturated carbocycles. The summed E-state index contributed by atoms with van der Waals surface area (Å²) in [5.74, 6) is 0.816. The lowest BCUT2D eigenvalue weighted by atomic mass is 10.0. The summed E-state index contributed by atoms with van der Waals surface area (Å²) in [6.07, 6.45) is 0.965. The van der Waals surface area contributed by atoms with Gasteiger partial charge in [0, 0.05) is 5.56 Å². The van der Waals surface area contributed by atoms with Crippen molar-refractivity contribution in [1.82, 2.24) is 0 Å². The average molecular weight is 294 g/mol. The number of nitrogens with zero attached hydrogens (tertiary/aromatic N) is 2. The summed E-state index contributed by atoms with van der Waals surface area (Å²) < 4.78 is 5.84. The highest BCUT2D eigenvalue weighted by Crippen LogP contribution is 2.17. The molecule has 2 aromatic carbocycles. The Balaban J connectivity index is 2.20. The second-order valence-electron chi connectivity index (χ2n) is 4.68. The number of nitriles is 1. The zero-order valence-electron chi connectivity index (χ0n) is 12.7. The van der Waals surface area contributed by atoms with E-state index in [1.54, 1.807) is 0 Å². The van der Waals surface area contributed by atoms with E-state index in [0.29, 0.717) is 6.61 Å². The number of benzene rings is 2. The van der Waals surface area contributed by atoms with Crippen LogP contribution in [0.15, 0.2) is 53.7 Å². The van der Waals surface area contributed by atoms with E-state index < -0.39 is 0 Å². The number of ether oxygens (including phenoxy) is 1. The molecule has 0 aromatic heterocycles. The molecule has 112 valence electrons. The Kier molecular flexibility index (Phi) is 5.56. The van der Waals surface area contributed by atoms with Gasteiger partial charge in [-0.15, -0.1) is 0 Å². The molecule has 0 N–H and O–H groups in total. The maximum atomic E-state index is 9.19. The summed E-state index contributed by atoms with van der Waals surface area (Å²) in [5, 5.41) is 12.9. The molecule has 0 aliphatic rings. The Hall–Kier alpha value is -2.80. The second-order valence-corrected chi connectivity index (χ2v) is 4.68. The third-order valence-electron chi connectivity index (χ3n) is 3.26. The smallest absolute Gasteiger partial charge is 0.187 e. The van der Waals surface area contributed by atoms with Crippen molar-refractivity contribution in [2.24, 2.45) is 5.16 Å². The highest BCUT2D eigenvalue weighted by Gasteiger charge is 2.10. The van der Waals surface area contributed by atoms with E-state index in [1.165, 1.54) is 12.7 Å². The van der Waals surface area contributed by atoms with E-state index in [-0.39, 0.29) is 5.71 Å². The highest BCUT2D eigenvalue weighted by atomic mass is 16.6. The summed E-state index contributed by atoms with van der Waals surface area (Å²) in [6, 6.07) is 17.6. The standard InChI is InChI=1S/C18H18N2O2/c1-3-14-7-6-9-16(11-14)22-13-15-8-4-5-10-17(15)18(12-19)20-21-2/h4-11H,3,13H2,1-2H3/b20-18-. The van der Waals surface area contributed by atoms with Gasteiger partial charge >= 0.3 is 0 Å². The van der Waals surface area contributed by atoms with E-state index >= 15 is 0 Å². The molecule has 22 heavy (non-hydrogen) atoms. The maximum Gasteiger partial charge on any atom is 0.187 e. The summed E-state index contributed by atoms with van der Waals surface area (Å²) in [4.78, 5) is 4.72. The monoisotopic (exact) mass is 294 g/mol. The number of rotatable bonds is 6. The van der Waals surface area contributed by atoms with Gasteiger partial charge in [-0.1, -0.05) is 48.5 Å². The molecule has 0 aliphatic carbocycles. The van der Waals surface area contributed by atoms with Gasteiger partial charge < -0.3 is 9.57 Å². The van der Waals surface area contributed by atoms with Gasteiger partial charge in [0.05, 0.1) is 0 Å². The van der Waals surface area contributed by atoms with Crippen LogP contribution in [0.4, 0.5) is 0 Å². The van der Waals surface area contributed by atoms with Gasteiger partial charge in [-0.2, -0.15) is 5.26 Å². The molecule has 0 unspecified atom stereocenters. The summed E-state index contributed by atoms with van der Waals surface area (Å²) in [7, 11) is 1.42. The van der Waals surface area contributed by atoms with Gasteiger partial charge in [0.25, 0.3) is 0 Å². The SMILES string of the molecule is CCc1cccc(OCc2ccccc2/C(C#N)=N\OC)c1. The fourth-order valence-electron chi connectivity index (χ4n) is 2.11. The molecule has 4 nitrogen and oxygen atoms in total. The van der Waals surface area contributed by atoms with Crippen LogP contribution in [0.25, 0.3) is 0 Å². The van der Waals surface area contributed by atoms with E-state index in [4.69, 9.17) is 9.57 Å². The summed E-state index contributed by atoms with van der Waals surface area (Å²) >= 11 is 0. The summed E-state index contributed by atoms with van der Waals surface area (Å²) in [5.41, 5.74) is 3.08. The Morgan fingerprint density at radius 2 is 2.00 bits per heavy atom. The van der Waals surface area contributed by atoms with Crippen LogP contribution in [0.3, 0.4) is 0 Å². The predicted molar refractivity (Wildman–Crippen MR) is 85.8 cm³/mol. The zero-order valence-corrected chi connectivity index (χ0v) is 12.7. The predicted octanol–water partition coefficient (Wildman–Crippen LogP) is 3.70. The molecular weight excluding hydrogens is 276 g/mol. The molecule has 2 aromatic rings. The van der Waals surface area contributed by atoms with Crippen LogP contribution in [0, 0.1) is 11.3 Å². The van der Waals surface area contributed by atoms with Crippen LogP contribution >= 0.6 is 0 Å². The number of aryl methyl sites for hydroxylation is 1. The second kappa shape index (κ2) is 7.84. The third kappa shape index (κ3) is 3.86.